The number of nitro groups is 1. The van der Waals surface area contributed by atoms with Crippen molar-refractivity contribution in [3.8, 4) is 11.5 Å². The fraction of sp³-hybridized carbons (Fsp3) is 0.200. The summed E-state index contributed by atoms with van der Waals surface area (Å²) in [5.74, 6) is -1.24. The lowest BCUT2D eigenvalue weighted by Crippen LogP contribution is -2.32. The van der Waals surface area contributed by atoms with Gasteiger partial charge in [-0.2, -0.15) is 0 Å². The first kappa shape index (κ1) is 27.1. The van der Waals surface area contributed by atoms with Crippen LogP contribution >= 0.6 is 0 Å². The molecule has 1 aliphatic heterocycles. The van der Waals surface area contributed by atoms with Gasteiger partial charge in [0, 0.05) is 23.7 Å². The van der Waals surface area contributed by atoms with Crippen LogP contribution in [0.4, 0.5) is 11.4 Å². The van der Waals surface area contributed by atoms with Crippen molar-refractivity contribution in [1.29, 1.82) is 0 Å². The molecule has 0 unspecified atom stereocenters. The molecule has 1 saturated heterocycles. The maximum Gasteiger partial charge on any atom is 0.293 e. The number of nitro benzene ring substituents is 1. The van der Waals surface area contributed by atoms with E-state index in [1.54, 1.807) is 18.3 Å². The van der Waals surface area contributed by atoms with Crippen LogP contribution in [0.2, 0.25) is 0 Å². The number of nitrogens with one attached hydrogen (secondary N) is 2. The van der Waals surface area contributed by atoms with E-state index in [4.69, 9.17) is 10.5 Å². The number of ether oxygens (including phenoxy) is 1. The zero-order valence-electron chi connectivity index (χ0n) is 20.7. The third-order valence-corrected chi connectivity index (χ3v) is 10.0. The van der Waals surface area contributed by atoms with Gasteiger partial charge in [0.25, 0.3) is 11.6 Å². The molecule has 0 radical (unpaired) electrons. The first-order chi connectivity index (χ1) is 18.9. The second-order valence-electron chi connectivity index (χ2n) is 9.20. The van der Waals surface area contributed by atoms with E-state index in [-0.39, 0.29) is 53.1 Å². The Balaban J connectivity index is 1.53. The van der Waals surface area contributed by atoms with E-state index in [1.807, 2.05) is 0 Å². The number of amides is 1. The largest absolute Gasteiger partial charge is 0.453 e. The van der Waals surface area contributed by atoms with E-state index in [0.717, 1.165) is 6.07 Å². The Morgan fingerprint density at radius 3 is 2.60 bits per heavy atom. The Hall–Kier alpha value is -4.50. The summed E-state index contributed by atoms with van der Waals surface area (Å²) in [6, 6.07) is 10.2. The molecule has 5 rings (SSSR count). The summed E-state index contributed by atoms with van der Waals surface area (Å²) < 4.78 is 56.8. The van der Waals surface area contributed by atoms with E-state index in [0.29, 0.717) is 11.0 Å². The molecule has 1 aliphatic rings. The number of fused-ring (bicyclic) bond motifs is 1. The number of pyridine rings is 1. The van der Waals surface area contributed by atoms with Gasteiger partial charge in [-0.25, -0.2) is 21.8 Å². The molecule has 1 fully saturated rings. The summed E-state index contributed by atoms with van der Waals surface area (Å²) in [6.45, 7) is 0. The minimum Gasteiger partial charge on any atom is -0.453 e. The molecule has 40 heavy (non-hydrogen) atoms. The summed E-state index contributed by atoms with van der Waals surface area (Å²) >= 11 is 0. The lowest BCUT2D eigenvalue weighted by Gasteiger charge is -2.24. The van der Waals surface area contributed by atoms with Gasteiger partial charge in [0.2, 0.25) is 9.84 Å². The van der Waals surface area contributed by atoms with Gasteiger partial charge >= 0.3 is 0 Å². The summed E-state index contributed by atoms with van der Waals surface area (Å²) in [7, 11) is -7.61. The van der Waals surface area contributed by atoms with Crippen LogP contribution in [0.25, 0.3) is 11.0 Å². The van der Waals surface area contributed by atoms with Crippen molar-refractivity contribution in [2.75, 3.05) is 16.8 Å². The Kier molecular flexibility index (Phi) is 6.93. The van der Waals surface area contributed by atoms with Crippen molar-refractivity contribution >= 4 is 48.0 Å². The number of hydrogen-bond donors (Lipinski definition) is 3. The zero-order valence-corrected chi connectivity index (χ0v) is 22.4. The quantitative estimate of drug-likeness (QED) is 0.203. The van der Waals surface area contributed by atoms with Crippen LogP contribution < -0.4 is 15.8 Å². The average molecular weight is 586 g/mol. The van der Waals surface area contributed by atoms with E-state index in [9.17, 15) is 31.7 Å². The summed E-state index contributed by atoms with van der Waals surface area (Å²) in [4.78, 5) is 29.7. The SMILES string of the molecule is NC(=O)c1cccc(S(=O)(=O)c2ccc(NC3CCS(=O)(=O)CC3)c([N+](=O)[O-])c2)c1Oc1cnc2[nH]ccc2c1. The topological polar surface area (TPSA) is 204 Å². The van der Waals surface area contributed by atoms with Crippen molar-refractivity contribution in [1.82, 2.24) is 9.97 Å². The van der Waals surface area contributed by atoms with Crippen LogP contribution in [-0.2, 0) is 19.7 Å². The molecule has 15 heteroatoms. The highest BCUT2D eigenvalue weighted by molar-refractivity contribution is 7.91. The van der Waals surface area contributed by atoms with Gasteiger partial charge in [-0.3, -0.25) is 14.9 Å². The number of aromatic amines is 1. The molecule has 0 saturated carbocycles. The first-order valence-corrected chi connectivity index (χ1v) is 15.3. The van der Waals surface area contributed by atoms with Gasteiger partial charge in [-0.15, -0.1) is 0 Å². The summed E-state index contributed by atoms with van der Waals surface area (Å²) in [5, 5.41) is 15.5. The van der Waals surface area contributed by atoms with Gasteiger partial charge in [0.05, 0.1) is 33.1 Å². The van der Waals surface area contributed by atoms with Crippen LogP contribution in [0.5, 0.6) is 11.5 Å². The number of aromatic nitrogens is 2. The zero-order chi connectivity index (χ0) is 28.7. The monoisotopic (exact) mass is 585 g/mol. The number of carbonyl (C=O) groups is 1. The van der Waals surface area contributed by atoms with Gasteiger partial charge in [0.15, 0.2) is 5.75 Å². The van der Waals surface area contributed by atoms with Gasteiger partial charge < -0.3 is 20.8 Å². The van der Waals surface area contributed by atoms with Crippen molar-refractivity contribution in [3.05, 3.63) is 76.6 Å². The third kappa shape index (κ3) is 5.33. The van der Waals surface area contributed by atoms with Gasteiger partial charge in [0.1, 0.15) is 31.8 Å². The standard InChI is InChI=1S/C25H23N5O8S2/c26-24(31)19-2-1-3-22(23(19)38-17-12-15-6-9-27-25(15)28-14-17)40(36,37)18-4-5-20(21(13-18)30(32)33)29-16-7-10-39(34,35)11-8-16/h1-6,9,12-14,16,29H,7-8,10-11H2,(H2,26,31)(H,27,28). The maximum absolute atomic E-state index is 13.8. The summed E-state index contributed by atoms with van der Waals surface area (Å²) in [5.41, 5.74) is 5.42. The second kappa shape index (κ2) is 10.2. The lowest BCUT2D eigenvalue weighted by molar-refractivity contribution is -0.384. The fourth-order valence-corrected chi connectivity index (χ4v) is 7.37. The smallest absolute Gasteiger partial charge is 0.293 e. The molecule has 0 atom stereocenters. The van der Waals surface area contributed by atoms with Gasteiger partial charge in [-0.1, -0.05) is 6.07 Å². The molecule has 208 valence electrons. The van der Waals surface area contributed by atoms with Crippen molar-refractivity contribution in [3.63, 3.8) is 0 Å². The number of carbonyl (C=O) groups excluding carboxylic acids is 1. The number of H-pyrrole nitrogens is 1. The van der Waals surface area contributed by atoms with Crippen molar-refractivity contribution < 1.29 is 31.3 Å². The average Bonchev–Trinajstić information content (AvgIpc) is 3.38. The number of nitrogens with two attached hydrogens (primary N) is 1. The van der Waals surface area contributed by atoms with E-state index in [2.05, 4.69) is 15.3 Å². The Bertz CT molecular complexity index is 1860. The predicted octanol–water partition coefficient (Wildman–Crippen LogP) is 3.18. The number of para-hydroxylation sites is 1. The van der Waals surface area contributed by atoms with E-state index in [1.165, 1.54) is 36.5 Å². The maximum atomic E-state index is 13.8. The normalized spacial score (nSPS) is 15.5. The molecule has 13 nitrogen and oxygen atoms in total. The Morgan fingerprint density at radius 2 is 1.90 bits per heavy atom. The molecule has 0 spiro atoms. The fourth-order valence-electron chi connectivity index (χ4n) is 4.45. The molecule has 4 aromatic rings. The Morgan fingerprint density at radius 1 is 1.15 bits per heavy atom. The van der Waals surface area contributed by atoms with Crippen molar-refractivity contribution in [2.45, 2.75) is 28.7 Å². The molecule has 2 aromatic heterocycles. The first-order valence-electron chi connectivity index (χ1n) is 12.0. The minimum absolute atomic E-state index is 0.0452. The predicted molar refractivity (Wildman–Crippen MR) is 145 cm³/mol. The number of rotatable bonds is 8. The number of nitrogens with zero attached hydrogens (tertiary/aromatic N) is 2. The van der Waals surface area contributed by atoms with Crippen molar-refractivity contribution in [2.24, 2.45) is 5.73 Å². The number of sulfone groups is 2. The minimum atomic E-state index is -4.47. The second-order valence-corrected chi connectivity index (χ2v) is 13.4. The highest BCUT2D eigenvalue weighted by Crippen LogP contribution is 2.38. The molecule has 3 heterocycles. The van der Waals surface area contributed by atoms with Crippen LogP contribution in [0, 0.1) is 10.1 Å². The Labute approximate surface area is 228 Å². The molecular weight excluding hydrogens is 562 g/mol. The van der Waals surface area contributed by atoms with Crippen LogP contribution in [0.1, 0.15) is 23.2 Å². The third-order valence-electron chi connectivity index (χ3n) is 6.52. The van der Waals surface area contributed by atoms with E-state index < -0.39 is 46.0 Å². The van der Waals surface area contributed by atoms with Crippen LogP contribution in [0.15, 0.2) is 70.7 Å². The molecule has 1 amide bonds. The number of anilines is 1. The molecule has 0 bridgehead atoms. The van der Waals surface area contributed by atoms with E-state index >= 15 is 0 Å². The van der Waals surface area contributed by atoms with Crippen LogP contribution in [-0.4, -0.2) is 55.2 Å². The molecule has 4 N–H and O–H groups in total. The molecule has 2 aromatic carbocycles. The highest BCUT2D eigenvalue weighted by atomic mass is 32.2. The van der Waals surface area contributed by atoms with Gasteiger partial charge in [-0.05, 0) is 49.2 Å². The lowest BCUT2D eigenvalue weighted by atomic mass is 10.1. The molecule has 0 aliphatic carbocycles. The van der Waals surface area contributed by atoms with Crippen LogP contribution in [0.3, 0.4) is 0 Å². The number of hydrogen-bond acceptors (Lipinski definition) is 10. The highest BCUT2D eigenvalue weighted by Gasteiger charge is 2.30. The summed E-state index contributed by atoms with van der Waals surface area (Å²) in [6.07, 6.45) is 3.54. The number of primary amides is 1. The molecular formula is C25H23N5O8S2. The number of benzene rings is 2.